The van der Waals surface area contributed by atoms with Gasteiger partial charge >= 0.3 is 0 Å². The van der Waals surface area contributed by atoms with Crippen LogP contribution in [-0.4, -0.2) is 23.4 Å². The SMILES string of the molecule is CCCCC(CN)NC(=O)Cc1ccc([N+](=O)[O-])cc1Cl.Cl. The van der Waals surface area contributed by atoms with Gasteiger partial charge in [0, 0.05) is 24.7 Å². The lowest BCUT2D eigenvalue weighted by molar-refractivity contribution is -0.384. The Morgan fingerprint density at radius 1 is 1.50 bits per heavy atom. The van der Waals surface area contributed by atoms with E-state index in [9.17, 15) is 14.9 Å². The zero-order valence-electron chi connectivity index (χ0n) is 12.4. The number of non-ortho nitro benzene ring substituents is 1. The van der Waals surface area contributed by atoms with Crippen LogP contribution in [0.4, 0.5) is 5.69 Å². The minimum atomic E-state index is -0.523. The summed E-state index contributed by atoms with van der Waals surface area (Å²) >= 11 is 5.96. The number of halogens is 2. The number of benzene rings is 1. The van der Waals surface area contributed by atoms with Crippen LogP contribution in [0.2, 0.25) is 5.02 Å². The first-order valence-corrected chi connectivity index (χ1v) is 7.28. The fourth-order valence-electron chi connectivity index (χ4n) is 1.94. The topological polar surface area (TPSA) is 98.3 Å². The first kappa shape index (κ1) is 20.6. The molecule has 6 nitrogen and oxygen atoms in total. The molecule has 22 heavy (non-hydrogen) atoms. The Balaban J connectivity index is 0.00000441. The van der Waals surface area contributed by atoms with Gasteiger partial charge in [-0.3, -0.25) is 14.9 Å². The first-order chi connectivity index (χ1) is 9.97. The molecule has 1 aromatic rings. The molecule has 1 amide bonds. The molecule has 3 N–H and O–H groups in total. The third kappa shape index (κ3) is 6.60. The molecule has 8 heteroatoms. The molecule has 0 aliphatic rings. The van der Waals surface area contributed by atoms with Gasteiger partial charge in [-0.1, -0.05) is 37.4 Å². The summed E-state index contributed by atoms with van der Waals surface area (Å²) in [6.07, 6.45) is 2.97. The molecule has 1 aromatic carbocycles. The second kappa shape index (κ2) is 10.4. The van der Waals surface area contributed by atoms with Crippen molar-refractivity contribution in [3.8, 4) is 0 Å². The van der Waals surface area contributed by atoms with Gasteiger partial charge < -0.3 is 11.1 Å². The molecular weight excluding hydrogens is 329 g/mol. The molecular formula is C14H21Cl2N3O3. The Morgan fingerprint density at radius 3 is 2.68 bits per heavy atom. The number of hydrogen-bond donors (Lipinski definition) is 2. The van der Waals surface area contributed by atoms with E-state index in [-0.39, 0.29) is 41.5 Å². The van der Waals surface area contributed by atoms with Gasteiger partial charge in [0.15, 0.2) is 0 Å². The smallest absolute Gasteiger partial charge is 0.270 e. The number of rotatable bonds is 8. The number of nitrogens with two attached hydrogens (primary N) is 1. The van der Waals surface area contributed by atoms with E-state index in [1.165, 1.54) is 18.2 Å². The second-order valence-corrected chi connectivity index (χ2v) is 5.26. The zero-order valence-corrected chi connectivity index (χ0v) is 14.0. The third-order valence-electron chi connectivity index (χ3n) is 3.15. The van der Waals surface area contributed by atoms with Crippen LogP contribution in [0.3, 0.4) is 0 Å². The number of hydrogen-bond acceptors (Lipinski definition) is 4. The lowest BCUT2D eigenvalue weighted by Crippen LogP contribution is -2.40. The van der Waals surface area contributed by atoms with E-state index >= 15 is 0 Å². The van der Waals surface area contributed by atoms with E-state index in [1.807, 2.05) is 0 Å². The summed E-state index contributed by atoms with van der Waals surface area (Å²) in [5.74, 6) is -0.183. The summed E-state index contributed by atoms with van der Waals surface area (Å²) in [4.78, 5) is 22.1. The summed E-state index contributed by atoms with van der Waals surface area (Å²) in [6.45, 7) is 2.46. The molecule has 1 unspecified atom stereocenters. The number of nitro benzene ring substituents is 1. The number of unbranched alkanes of at least 4 members (excludes halogenated alkanes) is 1. The van der Waals surface area contributed by atoms with Gasteiger partial charge in [0.1, 0.15) is 0 Å². The van der Waals surface area contributed by atoms with Gasteiger partial charge in [0.2, 0.25) is 5.91 Å². The van der Waals surface area contributed by atoms with Crippen LogP contribution in [0.1, 0.15) is 31.7 Å². The number of amides is 1. The van der Waals surface area contributed by atoms with Crippen molar-refractivity contribution in [1.29, 1.82) is 0 Å². The molecule has 0 radical (unpaired) electrons. The molecule has 0 spiro atoms. The number of carbonyl (C=O) groups is 1. The van der Waals surface area contributed by atoms with Crippen molar-refractivity contribution in [1.82, 2.24) is 5.32 Å². The van der Waals surface area contributed by atoms with E-state index < -0.39 is 4.92 Å². The maximum Gasteiger partial charge on any atom is 0.270 e. The zero-order chi connectivity index (χ0) is 15.8. The Bertz CT molecular complexity index is 512. The van der Waals surface area contributed by atoms with Crippen LogP contribution in [0.25, 0.3) is 0 Å². The minimum absolute atomic E-state index is 0. The van der Waals surface area contributed by atoms with Crippen LogP contribution in [-0.2, 0) is 11.2 Å². The van der Waals surface area contributed by atoms with Crippen molar-refractivity contribution >= 4 is 35.6 Å². The highest BCUT2D eigenvalue weighted by atomic mass is 35.5. The normalized spacial score (nSPS) is 11.4. The molecule has 0 aliphatic heterocycles. The summed E-state index contributed by atoms with van der Waals surface area (Å²) < 4.78 is 0. The highest BCUT2D eigenvalue weighted by molar-refractivity contribution is 6.31. The fourth-order valence-corrected chi connectivity index (χ4v) is 2.19. The van der Waals surface area contributed by atoms with Gasteiger partial charge in [-0.05, 0) is 12.0 Å². The van der Waals surface area contributed by atoms with E-state index in [0.717, 1.165) is 19.3 Å². The Morgan fingerprint density at radius 2 is 2.18 bits per heavy atom. The third-order valence-corrected chi connectivity index (χ3v) is 3.51. The highest BCUT2D eigenvalue weighted by Gasteiger charge is 2.14. The number of nitrogens with one attached hydrogen (secondary N) is 1. The average Bonchev–Trinajstić information content (AvgIpc) is 2.45. The molecule has 0 heterocycles. The highest BCUT2D eigenvalue weighted by Crippen LogP contribution is 2.22. The Hall–Kier alpha value is -1.37. The molecule has 124 valence electrons. The van der Waals surface area contributed by atoms with Crippen molar-refractivity contribution in [2.75, 3.05) is 6.54 Å². The number of nitro groups is 1. The molecule has 0 saturated heterocycles. The summed E-state index contributed by atoms with van der Waals surface area (Å²) in [6, 6.07) is 4.05. The van der Waals surface area contributed by atoms with Crippen LogP contribution in [0.5, 0.6) is 0 Å². The van der Waals surface area contributed by atoms with Crippen molar-refractivity contribution in [2.45, 2.75) is 38.6 Å². The average molecular weight is 350 g/mol. The van der Waals surface area contributed by atoms with E-state index in [2.05, 4.69) is 12.2 Å². The maximum atomic E-state index is 12.0. The lowest BCUT2D eigenvalue weighted by atomic mass is 10.1. The molecule has 1 rings (SSSR count). The van der Waals surface area contributed by atoms with E-state index in [4.69, 9.17) is 17.3 Å². The number of nitrogens with zero attached hydrogens (tertiary/aromatic N) is 1. The second-order valence-electron chi connectivity index (χ2n) is 4.85. The summed E-state index contributed by atoms with van der Waals surface area (Å²) in [5, 5.41) is 13.7. The van der Waals surface area contributed by atoms with Crippen LogP contribution < -0.4 is 11.1 Å². The fraction of sp³-hybridized carbons (Fsp3) is 0.500. The first-order valence-electron chi connectivity index (χ1n) is 6.90. The standard InChI is InChI=1S/C14H20ClN3O3.ClH/c1-2-3-4-11(9-16)17-14(19)7-10-5-6-12(18(20)21)8-13(10)15;/h5-6,8,11H,2-4,7,9,16H2,1H3,(H,17,19);1H. The van der Waals surface area contributed by atoms with Crippen molar-refractivity contribution in [3.63, 3.8) is 0 Å². The predicted octanol–water partition coefficient (Wildman–Crippen LogP) is 2.85. The minimum Gasteiger partial charge on any atom is -0.352 e. The van der Waals surface area contributed by atoms with Gasteiger partial charge in [0.25, 0.3) is 5.69 Å². The Kier molecular flexibility index (Phi) is 9.73. The maximum absolute atomic E-state index is 12.0. The van der Waals surface area contributed by atoms with Crippen molar-refractivity contribution in [2.24, 2.45) is 5.73 Å². The van der Waals surface area contributed by atoms with Gasteiger partial charge in [-0.15, -0.1) is 12.4 Å². The van der Waals surface area contributed by atoms with Crippen molar-refractivity contribution < 1.29 is 9.72 Å². The van der Waals surface area contributed by atoms with Gasteiger partial charge in [-0.25, -0.2) is 0 Å². The quantitative estimate of drug-likeness (QED) is 0.556. The molecule has 1 atom stereocenters. The molecule has 0 fully saturated rings. The van der Waals surface area contributed by atoms with E-state index in [1.54, 1.807) is 0 Å². The molecule has 0 aromatic heterocycles. The molecule has 0 aliphatic carbocycles. The van der Waals surface area contributed by atoms with E-state index in [0.29, 0.717) is 12.1 Å². The summed E-state index contributed by atoms with van der Waals surface area (Å²) in [7, 11) is 0. The monoisotopic (exact) mass is 349 g/mol. The Labute approximate surface area is 141 Å². The largest absolute Gasteiger partial charge is 0.352 e. The molecule has 0 saturated carbocycles. The van der Waals surface area contributed by atoms with Crippen LogP contribution >= 0.6 is 24.0 Å². The van der Waals surface area contributed by atoms with Crippen LogP contribution in [0.15, 0.2) is 18.2 Å². The lowest BCUT2D eigenvalue weighted by Gasteiger charge is -2.16. The van der Waals surface area contributed by atoms with Crippen molar-refractivity contribution in [3.05, 3.63) is 38.9 Å². The van der Waals surface area contributed by atoms with Gasteiger partial charge in [-0.2, -0.15) is 0 Å². The summed E-state index contributed by atoms with van der Waals surface area (Å²) in [5.41, 5.74) is 6.09. The van der Waals surface area contributed by atoms with Crippen LogP contribution in [0, 0.1) is 10.1 Å². The number of carbonyl (C=O) groups excluding carboxylic acids is 1. The van der Waals surface area contributed by atoms with Gasteiger partial charge in [0.05, 0.1) is 16.4 Å². The predicted molar refractivity (Wildman–Crippen MR) is 89.6 cm³/mol. The molecule has 0 bridgehead atoms.